The van der Waals surface area contributed by atoms with Crippen molar-refractivity contribution >= 4 is 11.9 Å². The quantitative estimate of drug-likeness (QED) is 0.538. The molecule has 5 nitrogen and oxygen atoms in total. The highest BCUT2D eigenvalue weighted by molar-refractivity contribution is 5.91. The van der Waals surface area contributed by atoms with E-state index in [0.717, 1.165) is 25.5 Å². The van der Waals surface area contributed by atoms with Crippen molar-refractivity contribution in [1.29, 1.82) is 0 Å². The van der Waals surface area contributed by atoms with Crippen LogP contribution in [0.15, 0.2) is 24.3 Å². The Morgan fingerprint density at radius 1 is 1.41 bits per heavy atom. The summed E-state index contributed by atoms with van der Waals surface area (Å²) in [4.78, 5) is 21.9. The second-order valence-electron chi connectivity index (χ2n) is 3.74. The summed E-state index contributed by atoms with van der Waals surface area (Å²) < 4.78 is 0. The van der Waals surface area contributed by atoms with Gasteiger partial charge in [-0.1, -0.05) is 12.7 Å². The summed E-state index contributed by atoms with van der Waals surface area (Å²) in [5, 5.41) is 7.60. The van der Waals surface area contributed by atoms with E-state index >= 15 is 0 Å². The number of carboxylic acids is 1. The predicted molar refractivity (Wildman–Crippen MR) is 68.6 cm³/mol. The molecule has 0 spiro atoms. The molecular formula is C12H22N2O3. The van der Waals surface area contributed by atoms with E-state index < -0.39 is 5.97 Å². The maximum Gasteiger partial charge on any atom is 0.327 e. The van der Waals surface area contributed by atoms with Gasteiger partial charge in [0.25, 0.3) is 0 Å². The van der Waals surface area contributed by atoms with Gasteiger partial charge in [0.05, 0.1) is 0 Å². The van der Waals surface area contributed by atoms with Crippen molar-refractivity contribution in [3.63, 3.8) is 0 Å². The third-order valence-electron chi connectivity index (χ3n) is 1.82. The number of rotatable bonds is 6. The molecule has 0 unspecified atom stereocenters. The molecule has 0 radical (unpaired) electrons. The van der Waals surface area contributed by atoms with Crippen molar-refractivity contribution in [2.45, 2.75) is 19.8 Å². The highest BCUT2D eigenvalue weighted by Gasteiger charge is 1.95. The Balaban J connectivity index is 0. The molecule has 0 bridgehead atoms. The van der Waals surface area contributed by atoms with Gasteiger partial charge < -0.3 is 15.7 Å². The van der Waals surface area contributed by atoms with E-state index in [2.05, 4.69) is 11.5 Å². The topological polar surface area (TPSA) is 83.6 Å². The van der Waals surface area contributed by atoms with E-state index in [-0.39, 0.29) is 5.91 Å². The summed E-state index contributed by atoms with van der Waals surface area (Å²) in [5.41, 5.74) is 5.72. The Labute approximate surface area is 103 Å². The SMILES string of the molecule is C=CC(=O)O.CC(=CCCCN(C)C)C(N)=O. The number of primary amides is 1. The van der Waals surface area contributed by atoms with Crippen molar-refractivity contribution < 1.29 is 14.7 Å². The first-order valence-corrected chi connectivity index (χ1v) is 5.28. The molecule has 0 heterocycles. The molecule has 0 fully saturated rings. The lowest BCUT2D eigenvalue weighted by Gasteiger charge is -2.06. The molecule has 0 aliphatic rings. The van der Waals surface area contributed by atoms with E-state index in [0.29, 0.717) is 5.57 Å². The molecule has 0 aromatic carbocycles. The Morgan fingerprint density at radius 2 is 1.88 bits per heavy atom. The number of nitrogens with two attached hydrogens (primary N) is 1. The Bertz CT molecular complexity index is 283. The van der Waals surface area contributed by atoms with Crippen LogP contribution in [0.5, 0.6) is 0 Å². The van der Waals surface area contributed by atoms with Gasteiger partial charge >= 0.3 is 5.97 Å². The van der Waals surface area contributed by atoms with E-state index in [1.807, 2.05) is 20.2 Å². The molecule has 0 aromatic heterocycles. The maximum atomic E-state index is 10.6. The smallest absolute Gasteiger partial charge is 0.327 e. The molecule has 0 aromatic rings. The first-order valence-electron chi connectivity index (χ1n) is 5.28. The fraction of sp³-hybridized carbons (Fsp3) is 0.500. The summed E-state index contributed by atoms with van der Waals surface area (Å²) in [7, 11) is 4.06. The average Bonchev–Trinajstić information content (AvgIpc) is 2.24. The summed E-state index contributed by atoms with van der Waals surface area (Å²) in [6.07, 6.45) is 4.72. The number of amides is 1. The number of carbonyl (C=O) groups excluding carboxylic acids is 1. The van der Waals surface area contributed by atoms with Crippen molar-refractivity contribution in [3.8, 4) is 0 Å². The third kappa shape index (κ3) is 17.0. The van der Waals surface area contributed by atoms with Crippen LogP contribution in [-0.4, -0.2) is 42.5 Å². The van der Waals surface area contributed by atoms with Crippen molar-refractivity contribution in [2.75, 3.05) is 20.6 Å². The first-order chi connectivity index (χ1) is 7.81. The number of allylic oxidation sites excluding steroid dienone is 1. The molecule has 0 aliphatic heterocycles. The van der Waals surface area contributed by atoms with Crippen molar-refractivity contribution in [2.24, 2.45) is 5.73 Å². The highest BCUT2D eigenvalue weighted by Crippen LogP contribution is 1.97. The van der Waals surface area contributed by atoms with Gasteiger partial charge in [-0.2, -0.15) is 0 Å². The standard InChI is InChI=1S/C9H18N2O.C3H4O2/c1-8(9(10)12)6-4-5-7-11(2)3;1-2-3(4)5/h6H,4-5,7H2,1-3H3,(H2,10,12);2H,1H2,(H,4,5). The lowest BCUT2D eigenvalue weighted by Crippen LogP contribution is -2.13. The number of carboxylic acid groups (broad SMARTS) is 1. The normalized spacial score (nSPS) is 10.5. The monoisotopic (exact) mass is 242 g/mol. The number of hydrogen-bond acceptors (Lipinski definition) is 3. The summed E-state index contributed by atoms with van der Waals surface area (Å²) in [6, 6.07) is 0. The Morgan fingerprint density at radius 3 is 2.18 bits per heavy atom. The van der Waals surface area contributed by atoms with Gasteiger partial charge in [0.15, 0.2) is 0 Å². The highest BCUT2D eigenvalue weighted by atomic mass is 16.4. The van der Waals surface area contributed by atoms with Gasteiger partial charge in [-0.15, -0.1) is 0 Å². The van der Waals surface area contributed by atoms with E-state index in [9.17, 15) is 9.59 Å². The second-order valence-corrected chi connectivity index (χ2v) is 3.74. The molecule has 1 amide bonds. The molecule has 5 heteroatoms. The summed E-state index contributed by atoms with van der Waals surface area (Å²) >= 11 is 0. The zero-order chi connectivity index (χ0) is 13.8. The first kappa shape index (κ1) is 17.8. The number of hydrogen-bond donors (Lipinski definition) is 2. The van der Waals surface area contributed by atoms with Gasteiger partial charge in [-0.25, -0.2) is 4.79 Å². The minimum atomic E-state index is -0.981. The molecule has 3 N–H and O–H groups in total. The van der Waals surface area contributed by atoms with E-state index in [1.165, 1.54) is 0 Å². The molecular weight excluding hydrogens is 220 g/mol. The van der Waals surface area contributed by atoms with Crippen LogP contribution in [0.2, 0.25) is 0 Å². The fourth-order valence-corrected chi connectivity index (χ4v) is 0.827. The molecule has 0 saturated heterocycles. The van der Waals surface area contributed by atoms with E-state index in [1.54, 1.807) is 6.92 Å². The number of unbranched alkanes of at least 4 members (excludes halogenated alkanes) is 1. The third-order valence-corrected chi connectivity index (χ3v) is 1.82. The fourth-order valence-electron chi connectivity index (χ4n) is 0.827. The van der Waals surface area contributed by atoms with Crippen LogP contribution in [-0.2, 0) is 9.59 Å². The van der Waals surface area contributed by atoms with Crippen LogP contribution in [0.25, 0.3) is 0 Å². The number of aliphatic carboxylic acids is 1. The average molecular weight is 242 g/mol. The van der Waals surface area contributed by atoms with Gasteiger partial charge in [0.1, 0.15) is 0 Å². The molecule has 98 valence electrons. The zero-order valence-electron chi connectivity index (χ0n) is 10.8. The molecule has 0 aliphatic carbocycles. The zero-order valence-corrected chi connectivity index (χ0v) is 10.8. The van der Waals surface area contributed by atoms with Gasteiger partial charge in [0, 0.05) is 11.6 Å². The minimum absolute atomic E-state index is 0.320. The van der Waals surface area contributed by atoms with Crippen LogP contribution < -0.4 is 5.73 Å². The largest absolute Gasteiger partial charge is 0.478 e. The van der Waals surface area contributed by atoms with Crippen LogP contribution in [0.1, 0.15) is 19.8 Å². The van der Waals surface area contributed by atoms with E-state index in [4.69, 9.17) is 10.8 Å². The maximum absolute atomic E-state index is 10.6. The van der Waals surface area contributed by atoms with Crippen LogP contribution in [0.4, 0.5) is 0 Å². The lowest BCUT2D eigenvalue weighted by molar-refractivity contribution is -0.131. The lowest BCUT2D eigenvalue weighted by atomic mass is 10.2. The van der Waals surface area contributed by atoms with Crippen molar-refractivity contribution in [1.82, 2.24) is 4.90 Å². The second kappa shape index (κ2) is 10.9. The van der Waals surface area contributed by atoms with Gasteiger partial charge in [0.2, 0.25) is 5.91 Å². The molecule has 0 saturated carbocycles. The van der Waals surface area contributed by atoms with Crippen LogP contribution in [0.3, 0.4) is 0 Å². The predicted octanol–water partition coefficient (Wildman–Crippen LogP) is 1.02. The molecule has 17 heavy (non-hydrogen) atoms. The Kier molecular flexibility index (Phi) is 11.4. The molecule has 0 atom stereocenters. The van der Waals surface area contributed by atoms with Gasteiger partial charge in [-0.3, -0.25) is 4.79 Å². The summed E-state index contributed by atoms with van der Waals surface area (Å²) in [5.74, 6) is -1.30. The van der Waals surface area contributed by atoms with Crippen LogP contribution in [0, 0.1) is 0 Å². The minimum Gasteiger partial charge on any atom is -0.478 e. The molecule has 0 rings (SSSR count). The number of nitrogens with zero attached hydrogens (tertiary/aromatic N) is 1. The Hall–Kier alpha value is -1.62. The summed E-state index contributed by atoms with van der Waals surface area (Å²) in [6.45, 7) is 5.75. The van der Waals surface area contributed by atoms with Crippen molar-refractivity contribution in [3.05, 3.63) is 24.3 Å². The van der Waals surface area contributed by atoms with Gasteiger partial charge in [-0.05, 0) is 40.4 Å². The van der Waals surface area contributed by atoms with Crippen LogP contribution >= 0.6 is 0 Å². The number of carbonyl (C=O) groups is 2.